The first-order valence-corrected chi connectivity index (χ1v) is 9.27. The van der Waals surface area contributed by atoms with Crippen molar-refractivity contribution >= 4 is 39.2 Å². The van der Waals surface area contributed by atoms with Crippen LogP contribution >= 0.6 is 23.2 Å². The van der Waals surface area contributed by atoms with Gasteiger partial charge in [0.25, 0.3) is 0 Å². The molecule has 0 radical (unpaired) electrons. The lowest BCUT2D eigenvalue weighted by Crippen LogP contribution is -2.48. The molecule has 1 aliphatic rings. The SMILES string of the molecule is O=C(O)C1Cc2ccccc2CN1S(=O)(=O)c1c(Cl)cccc1Cl. The van der Waals surface area contributed by atoms with Gasteiger partial charge in [-0.25, -0.2) is 8.42 Å². The number of carboxylic acid groups (broad SMARTS) is 1. The summed E-state index contributed by atoms with van der Waals surface area (Å²) in [6.07, 6.45) is 0.0901. The molecule has 8 heteroatoms. The molecular weight excluding hydrogens is 373 g/mol. The van der Waals surface area contributed by atoms with Gasteiger partial charge < -0.3 is 5.11 Å². The maximum Gasteiger partial charge on any atom is 0.322 e. The van der Waals surface area contributed by atoms with Gasteiger partial charge in [0, 0.05) is 13.0 Å². The van der Waals surface area contributed by atoms with Crippen molar-refractivity contribution in [3.63, 3.8) is 0 Å². The Morgan fingerprint density at radius 2 is 1.62 bits per heavy atom. The standard InChI is InChI=1S/C16H13Cl2NO4S/c17-12-6-3-7-13(18)15(12)24(22,23)19-9-11-5-2-1-4-10(11)8-14(19)16(20)21/h1-7,14H,8-9H2,(H,20,21). The van der Waals surface area contributed by atoms with Gasteiger partial charge in [-0.3, -0.25) is 4.79 Å². The molecule has 24 heavy (non-hydrogen) atoms. The molecular formula is C16H13Cl2NO4S. The Balaban J connectivity index is 2.14. The predicted molar refractivity (Wildman–Crippen MR) is 90.8 cm³/mol. The molecule has 0 amide bonds. The van der Waals surface area contributed by atoms with Gasteiger partial charge in [-0.05, 0) is 23.3 Å². The molecule has 1 heterocycles. The zero-order chi connectivity index (χ0) is 17.5. The Morgan fingerprint density at radius 3 is 2.21 bits per heavy atom. The van der Waals surface area contributed by atoms with Crippen LogP contribution < -0.4 is 0 Å². The summed E-state index contributed by atoms with van der Waals surface area (Å²) in [5, 5.41) is 9.44. The van der Waals surface area contributed by atoms with Crippen molar-refractivity contribution in [1.82, 2.24) is 4.31 Å². The maximum atomic E-state index is 13.0. The first kappa shape index (κ1) is 17.2. The summed E-state index contributed by atoms with van der Waals surface area (Å²) in [4.78, 5) is 11.4. The lowest BCUT2D eigenvalue weighted by Gasteiger charge is -2.33. The predicted octanol–water partition coefficient (Wildman–Crippen LogP) is 3.19. The van der Waals surface area contributed by atoms with Crippen molar-refractivity contribution in [2.75, 3.05) is 0 Å². The third-order valence-corrected chi connectivity index (χ3v) is 6.79. The van der Waals surface area contributed by atoms with Crippen LogP contribution in [0, 0.1) is 0 Å². The fourth-order valence-electron chi connectivity index (χ4n) is 2.81. The molecule has 1 N–H and O–H groups in total. The topological polar surface area (TPSA) is 74.7 Å². The maximum absolute atomic E-state index is 13.0. The molecule has 0 saturated carbocycles. The highest BCUT2D eigenvalue weighted by Gasteiger charge is 2.41. The molecule has 2 aromatic carbocycles. The average molecular weight is 386 g/mol. The minimum absolute atomic E-state index is 0.0366. The molecule has 0 fully saturated rings. The Hall–Kier alpha value is -1.60. The third kappa shape index (κ3) is 2.91. The summed E-state index contributed by atoms with van der Waals surface area (Å²) in [5.74, 6) is -1.21. The number of benzene rings is 2. The second-order valence-corrected chi connectivity index (χ2v) is 8.07. The van der Waals surface area contributed by atoms with Gasteiger partial charge in [0.1, 0.15) is 10.9 Å². The van der Waals surface area contributed by atoms with Gasteiger partial charge in [-0.1, -0.05) is 53.5 Å². The molecule has 0 spiro atoms. The van der Waals surface area contributed by atoms with Crippen molar-refractivity contribution in [1.29, 1.82) is 0 Å². The van der Waals surface area contributed by atoms with Crippen LogP contribution in [0.3, 0.4) is 0 Å². The first-order chi connectivity index (χ1) is 11.3. The van der Waals surface area contributed by atoms with Crippen LogP contribution in [-0.2, 0) is 27.8 Å². The first-order valence-electron chi connectivity index (χ1n) is 7.08. The van der Waals surface area contributed by atoms with Gasteiger partial charge in [0.05, 0.1) is 10.0 Å². The zero-order valence-electron chi connectivity index (χ0n) is 12.3. The minimum atomic E-state index is -4.17. The molecule has 2 aromatic rings. The molecule has 5 nitrogen and oxygen atoms in total. The molecule has 0 bridgehead atoms. The minimum Gasteiger partial charge on any atom is -0.480 e. The lowest BCUT2D eigenvalue weighted by molar-refractivity contribution is -0.141. The van der Waals surface area contributed by atoms with E-state index in [0.29, 0.717) is 0 Å². The number of sulfonamides is 1. The highest BCUT2D eigenvalue weighted by Crippen LogP contribution is 2.35. The largest absolute Gasteiger partial charge is 0.480 e. The van der Waals surface area contributed by atoms with Crippen LogP contribution in [0.15, 0.2) is 47.4 Å². The molecule has 3 rings (SSSR count). The van der Waals surface area contributed by atoms with Crippen LogP contribution in [0.4, 0.5) is 0 Å². The Bertz CT molecular complexity index is 894. The van der Waals surface area contributed by atoms with Crippen molar-refractivity contribution in [2.45, 2.75) is 23.9 Å². The summed E-state index contributed by atoms with van der Waals surface area (Å²) < 4.78 is 27.0. The molecule has 1 unspecified atom stereocenters. The number of nitrogens with zero attached hydrogens (tertiary/aromatic N) is 1. The van der Waals surface area contributed by atoms with E-state index < -0.39 is 22.0 Å². The summed E-state index contributed by atoms with van der Waals surface area (Å²) in [5.41, 5.74) is 1.59. The summed E-state index contributed by atoms with van der Waals surface area (Å²) in [6.45, 7) is -0.0446. The van der Waals surface area contributed by atoms with Crippen LogP contribution in [0.5, 0.6) is 0 Å². The number of aliphatic carboxylic acids is 1. The van der Waals surface area contributed by atoms with E-state index in [1.807, 2.05) is 0 Å². The van der Waals surface area contributed by atoms with Crippen LogP contribution in [-0.4, -0.2) is 29.8 Å². The number of rotatable bonds is 3. The molecule has 126 valence electrons. The zero-order valence-corrected chi connectivity index (χ0v) is 14.6. The van der Waals surface area contributed by atoms with E-state index >= 15 is 0 Å². The van der Waals surface area contributed by atoms with Crippen molar-refractivity contribution in [2.24, 2.45) is 0 Å². The van der Waals surface area contributed by atoms with Gasteiger partial charge in [-0.15, -0.1) is 0 Å². The second kappa shape index (κ2) is 6.37. The Morgan fingerprint density at radius 1 is 1.04 bits per heavy atom. The average Bonchev–Trinajstić information content (AvgIpc) is 2.53. The van der Waals surface area contributed by atoms with E-state index in [-0.39, 0.29) is 27.9 Å². The molecule has 1 atom stereocenters. The summed E-state index contributed by atoms with van der Waals surface area (Å²) >= 11 is 12.0. The summed E-state index contributed by atoms with van der Waals surface area (Å²) in [7, 11) is -4.17. The Kier molecular flexibility index (Phi) is 4.57. The number of halogens is 2. The Labute approximate surface area is 149 Å². The van der Waals surface area contributed by atoms with Crippen molar-refractivity contribution in [3.8, 4) is 0 Å². The highest BCUT2D eigenvalue weighted by molar-refractivity contribution is 7.89. The second-order valence-electron chi connectivity index (χ2n) is 5.43. The summed E-state index contributed by atoms with van der Waals surface area (Å²) in [6, 6.07) is 10.3. The molecule has 0 saturated heterocycles. The van der Waals surface area contributed by atoms with Crippen molar-refractivity contribution < 1.29 is 18.3 Å². The van der Waals surface area contributed by atoms with E-state index in [9.17, 15) is 18.3 Å². The monoisotopic (exact) mass is 385 g/mol. The number of hydrogen-bond acceptors (Lipinski definition) is 3. The normalized spacial score (nSPS) is 18.2. The molecule has 1 aliphatic heterocycles. The number of carboxylic acids is 1. The fourth-order valence-corrected chi connectivity index (χ4v) is 5.46. The fraction of sp³-hybridized carbons (Fsp3) is 0.188. The number of hydrogen-bond donors (Lipinski definition) is 1. The molecule has 0 aromatic heterocycles. The quantitative estimate of drug-likeness (QED) is 0.879. The van der Waals surface area contributed by atoms with Gasteiger partial charge in [0.15, 0.2) is 0 Å². The van der Waals surface area contributed by atoms with E-state index in [2.05, 4.69) is 0 Å². The lowest BCUT2D eigenvalue weighted by atomic mass is 9.96. The van der Waals surface area contributed by atoms with Crippen LogP contribution in [0.1, 0.15) is 11.1 Å². The van der Waals surface area contributed by atoms with E-state index in [1.165, 1.54) is 18.2 Å². The highest BCUT2D eigenvalue weighted by atomic mass is 35.5. The van der Waals surface area contributed by atoms with Crippen LogP contribution in [0.25, 0.3) is 0 Å². The number of carbonyl (C=O) groups is 1. The van der Waals surface area contributed by atoms with Gasteiger partial charge >= 0.3 is 5.97 Å². The molecule has 0 aliphatic carbocycles. The van der Waals surface area contributed by atoms with Crippen molar-refractivity contribution in [3.05, 3.63) is 63.6 Å². The van der Waals surface area contributed by atoms with E-state index in [4.69, 9.17) is 23.2 Å². The van der Waals surface area contributed by atoms with Crippen LogP contribution in [0.2, 0.25) is 10.0 Å². The smallest absolute Gasteiger partial charge is 0.322 e. The third-order valence-electron chi connectivity index (χ3n) is 3.98. The van der Waals surface area contributed by atoms with E-state index in [1.54, 1.807) is 24.3 Å². The number of fused-ring (bicyclic) bond motifs is 1. The van der Waals surface area contributed by atoms with E-state index in [0.717, 1.165) is 15.4 Å². The van der Waals surface area contributed by atoms with Gasteiger partial charge in [-0.2, -0.15) is 4.31 Å². The van der Waals surface area contributed by atoms with Gasteiger partial charge in [0.2, 0.25) is 10.0 Å².